The van der Waals surface area contributed by atoms with Crippen LogP contribution in [0.1, 0.15) is 32.8 Å². The van der Waals surface area contributed by atoms with E-state index in [0.717, 1.165) is 10.6 Å². The van der Waals surface area contributed by atoms with E-state index in [1.54, 1.807) is 45.0 Å². The van der Waals surface area contributed by atoms with Gasteiger partial charge in [-0.3, -0.25) is 4.79 Å². The van der Waals surface area contributed by atoms with Crippen molar-refractivity contribution in [1.29, 1.82) is 0 Å². The average molecular weight is 394 g/mol. The zero-order chi connectivity index (χ0) is 18.7. The van der Waals surface area contributed by atoms with Crippen LogP contribution in [-0.2, 0) is 14.0 Å². The molecule has 4 nitrogen and oxygen atoms in total. The van der Waals surface area contributed by atoms with Crippen LogP contribution in [0.5, 0.6) is 5.75 Å². The van der Waals surface area contributed by atoms with E-state index in [4.69, 9.17) is 9.62 Å². The van der Waals surface area contributed by atoms with Crippen molar-refractivity contribution in [1.82, 2.24) is 0 Å². The van der Waals surface area contributed by atoms with Gasteiger partial charge in [0, 0.05) is 16.2 Å². The summed E-state index contributed by atoms with van der Waals surface area (Å²) in [5.74, 6) is 0.779. The van der Waals surface area contributed by atoms with E-state index in [2.05, 4.69) is 4.33 Å². The van der Waals surface area contributed by atoms with Gasteiger partial charge in [0.2, 0.25) is 0 Å². The molecular formula is C16H17F3O4S2. The van der Waals surface area contributed by atoms with Gasteiger partial charge < -0.3 is 9.62 Å². The normalized spacial score (nSPS) is 15.0. The van der Waals surface area contributed by atoms with E-state index in [0.29, 0.717) is 17.7 Å². The minimum Gasteiger partial charge on any atom is -0.426 e. The number of benzene rings is 1. The predicted octanol–water partition coefficient (Wildman–Crippen LogP) is 5.59. The van der Waals surface area contributed by atoms with Gasteiger partial charge in [0.25, 0.3) is 0 Å². The van der Waals surface area contributed by atoms with E-state index in [-0.39, 0.29) is 5.76 Å². The minimum atomic E-state index is -4.56. The third kappa shape index (κ3) is 6.16. The highest BCUT2D eigenvalue weighted by molar-refractivity contribution is 7.99. The SMILES string of the molecule is CC(C)(C)C(=O)Oc1ccc2c(c1)C(OOSC(F)(F)F)=CCCS2. The van der Waals surface area contributed by atoms with Crippen molar-refractivity contribution in [3.8, 4) is 5.75 Å². The second-order valence-electron chi connectivity index (χ2n) is 6.18. The first kappa shape index (κ1) is 20.0. The summed E-state index contributed by atoms with van der Waals surface area (Å²) in [5, 5.41) is 0. The molecule has 1 aliphatic rings. The third-order valence-corrected chi connectivity index (χ3v) is 4.43. The first-order valence-corrected chi connectivity index (χ1v) is 9.08. The molecule has 1 aromatic rings. The number of rotatable bonds is 4. The Hall–Kier alpha value is -1.32. The van der Waals surface area contributed by atoms with Crippen LogP contribution in [0.15, 0.2) is 29.2 Å². The Kier molecular flexibility index (Phi) is 6.34. The highest BCUT2D eigenvalue weighted by Crippen LogP contribution is 2.38. The quantitative estimate of drug-likeness (QED) is 0.218. The van der Waals surface area contributed by atoms with Gasteiger partial charge in [-0.25, -0.2) is 0 Å². The second-order valence-corrected chi connectivity index (χ2v) is 8.09. The fourth-order valence-electron chi connectivity index (χ4n) is 1.79. The van der Waals surface area contributed by atoms with Crippen LogP contribution in [0.3, 0.4) is 0 Å². The van der Waals surface area contributed by atoms with Gasteiger partial charge in [0.05, 0.1) is 5.41 Å². The number of hydrogen-bond acceptors (Lipinski definition) is 6. The van der Waals surface area contributed by atoms with Gasteiger partial charge in [-0.2, -0.15) is 13.2 Å². The van der Waals surface area contributed by atoms with Crippen LogP contribution in [0.4, 0.5) is 13.2 Å². The van der Waals surface area contributed by atoms with Crippen LogP contribution in [-0.4, -0.2) is 17.2 Å². The fourth-order valence-corrected chi connectivity index (χ4v) is 2.91. The maximum absolute atomic E-state index is 12.2. The molecule has 0 atom stereocenters. The number of ether oxygens (including phenoxy) is 1. The summed E-state index contributed by atoms with van der Waals surface area (Å²) >= 11 is 0.800. The molecule has 0 amide bonds. The molecule has 0 aromatic heterocycles. The van der Waals surface area contributed by atoms with Crippen molar-refractivity contribution in [2.24, 2.45) is 5.41 Å². The molecule has 0 spiro atoms. The van der Waals surface area contributed by atoms with Gasteiger partial charge in [-0.05, 0) is 51.5 Å². The van der Waals surface area contributed by atoms with E-state index < -0.39 is 28.9 Å². The molecule has 0 aliphatic carbocycles. The van der Waals surface area contributed by atoms with Crippen molar-refractivity contribution in [3.05, 3.63) is 29.8 Å². The number of carbonyl (C=O) groups excluding carboxylic acids is 1. The molecule has 9 heteroatoms. The molecule has 1 aliphatic heterocycles. The number of thioether (sulfide) groups is 1. The Morgan fingerprint density at radius 1 is 1.24 bits per heavy atom. The number of fused-ring (bicyclic) bond motifs is 1. The Labute approximate surface area is 152 Å². The summed E-state index contributed by atoms with van der Waals surface area (Å²) in [5.41, 5.74) is -4.72. The molecule has 25 heavy (non-hydrogen) atoms. The van der Waals surface area contributed by atoms with Crippen LogP contribution in [0, 0.1) is 5.41 Å². The first-order valence-electron chi connectivity index (χ1n) is 7.35. The van der Waals surface area contributed by atoms with Gasteiger partial charge in [-0.15, -0.1) is 16.1 Å². The molecule has 0 unspecified atom stereocenters. The summed E-state index contributed by atoms with van der Waals surface area (Å²) in [7, 11) is 0. The predicted molar refractivity (Wildman–Crippen MR) is 90.7 cm³/mol. The van der Waals surface area contributed by atoms with E-state index in [9.17, 15) is 18.0 Å². The average Bonchev–Trinajstić information content (AvgIpc) is 2.67. The summed E-state index contributed by atoms with van der Waals surface area (Å²) < 4.78 is 46.1. The molecule has 1 heterocycles. The number of halogens is 3. The maximum atomic E-state index is 12.2. The Morgan fingerprint density at radius 3 is 2.60 bits per heavy atom. The summed E-state index contributed by atoms with van der Waals surface area (Å²) in [6.45, 7) is 5.18. The summed E-state index contributed by atoms with van der Waals surface area (Å²) in [6, 6.07) is 4.94. The van der Waals surface area contributed by atoms with Gasteiger partial charge in [-0.1, -0.05) is 0 Å². The zero-order valence-corrected chi connectivity index (χ0v) is 15.4. The van der Waals surface area contributed by atoms with E-state index in [1.807, 2.05) is 0 Å². The lowest BCUT2D eigenvalue weighted by molar-refractivity contribution is -0.143. The fraction of sp³-hybridized carbons (Fsp3) is 0.438. The Bertz CT molecular complexity index is 666. The zero-order valence-electron chi connectivity index (χ0n) is 13.8. The smallest absolute Gasteiger partial charge is 0.426 e. The largest absolute Gasteiger partial charge is 0.471 e. The van der Waals surface area contributed by atoms with Crippen molar-refractivity contribution < 1.29 is 31.9 Å². The van der Waals surface area contributed by atoms with Gasteiger partial charge in [0.15, 0.2) is 17.8 Å². The Balaban J connectivity index is 2.19. The lowest BCUT2D eigenvalue weighted by Crippen LogP contribution is -2.25. The molecule has 0 saturated heterocycles. The van der Waals surface area contributed by atoms with Crippen LogP contribution in [0.25, 0.3) is 5.76 Å². The Morgan fingerprint density at radius 2 is 1.96 bits per heavy atom. The topological polar surface area (TPSA) is 44.8 Å². The maximum Gasteiger partial charge on any atom is 0.471 e. The number of carbonyl (C=O) groups is 1. The standard InChI is InChI=1S/C16H17F3O4S2/c1-15(2,3)14(20)21-10-6-7-13-11(9-10)12(5-4-8-24-13)22-23-25-16(17,18)19/h5-7,9H,4,8H2,1-3H3. The van der Waals surface area contributed by atoms with Crippen LogP contribution in [0.2, 0.25) is 0 Å². The number of allylic oxidation sites excluding steroid dienone is 1. The highest BCUT2D eigenvalue weighted by Gasteiger charge is 2.32. The van der Waals surface area contributed by atoms with Crippen molar-refractivity contribution in [2.75, 3.05) is 5.75 Å². The molecular weight excluding hydrogens is 377 g/mol. The summed E-state index contributed by atoms with van der Waals surface area (Å²) in [6.07, 6.45) is 2.25. The second kappa shape index (κ2) is 7.92. The van der Waals surface area contributed by atoms with Crippen LogP contribution >= 0.6 is 23.8 Å². The number of alkyl halides is 3. The van der Waals surface area contributed by atoms with Crippen LogP contribution < -0.4 is 4.74 Å². The van der Waals surface area contributed by atoms with Crippen molar-refractivity contribution >= 4 is 35.5 Å². The highest BCUT2D eigenvalue weighted by atomic mass is 32.2. The van der Waals surface area contributed by atoms with Crippen molar-refractivity contribution in [3.63, 3.8) is 0 Å². The molecule has 0 radical (unpaired) electrons. The monoisotopic (exact) mass is 394 g/mol. The van der Waals surface area contributed by atoms with Gasteiger partial charge >= 0.3 is 11.5 Å². The molecule has 0 bridgehead atoms. The third-order valence-electron chi connectivity index (χ3n) is 3.00. The molecule has 2 rings (SSSR count). The summed E-state index contributed by atoms with van der Waals surface area (Å²) in [4.78, 5) is 17.7. The lowest BCUT2D eigenvalue weighted by Gasteiger charge is -2.17. The molecule has 0 N–H and O–H groups in total. The first-order chi connectivity index (χ1) is 11.6. The molecule has 1 aromatic carbocycles. The molecule has 138 valence electrons. The number of hydrogen-bond donors (Lipinski definition) is 0. The molecule has 0 fully saturated rings. The van der Waals surface area contributed by atoms with Gasteiger partial charge in [0.1, 0.15) is 5.75 Å². The van der Waals surface area contributed by atoms with E-state index >= 15 is 0 Å². The van der Waals surface area contributed by atoms with Crippen molar-refractivity contribution in [2.45, 2.75) is 37.6 Å². The molecule has 0 saturated carbocycles. The van der Waals surface area contributed by atoms with E-state index in [1.165, 1.54) is 11.8 Å². The lowest BCUT2D eigenvalue weighted by atomic mass is 9.97. The minimum absolute atomic E-state index is 0.158. The number of esters is 1.